The number of rotatable bonds is 4. The maximum absolute atomic E-state index is 10.6. The van der Waals surface area contributed by atoms with E-state index in [1.807, 2.05) is 38.1 Å². The Kier molecular flexibility index (Phi) is 8.64. The van der Waals surface area contributed by atoms with Crippen molar-refractivity contribution in [3.05, 3.63) is 34.9 Å². The third kappa shape index (κ3) is 7.79. The number of halogens is 1. The van der Waals surface area contributed by atoms with E-state index in [9.17, 15) is 9.59 Å². The minimum absolute atomic E-state index is 0.0357. The molecule has 0 saturated carbocycles. The van der Waals surface area contributed by atoms with Crippen molar-refractivity contribution in [1.82, 2.24) is 5.32 Å². The second-order valence-electron chi connectivity index (χ2n) is 4.70. The van der Waals surface area contributed by atoms with E-state index < -0.39 is 12.0 Å². The molecule has 112 valence electrons. The van der Waals surface area contributed by atoms with Crippen molar-refractivity contribution in [3.8, 4) is 0 Å². The number of aliphatic carboxylic acids is 1. The maximum atomic E-state index is 10.6. The molecule has 1 rings (SSSR count). The molecule has 2 unspecified atom stereocenters. The molecule has 0 bridgehead atoms. The normalized spacial score (nSPS) is 12.7. The fourth-order valence-corrected chi connectivity index (χ4v) is 1.75. The number of carboxylic acids is 1. The molecule has 20 heavy (non-hydrogen) atoms. The van der Waals surface area contributed by atoms with Gasteiger partial charge in [0.15, 0.2) is 0 Å². The fourth-order valence-electron chi connectivity index (χ4n) is 1.51. The molecular weight excluding hydrogens is 278 g/mol. The molecule has 0 fully saturated rings. The van der Waals surface area contributed by atoms with Gasteiger partial charge in [0.05, 0.1) is 0 Å². The number of carbonyl (C=O) groups is 2. The van der Waals surface area contributed by atoms with Crippen LogP contribution < -0.4 is 5.32 Å². The Morgan fingerprint density at radius 3 is 2.30 bits per heavy atom. The summed E-state index contributed by atoms with van der Waals surface area (Å²) in [4.78, 5) is 21.2. The zero-order valence-electron chi connectivity index (χ0n) is 12.3. The third-order valence-electron chi connectivity index (χ3n) is 2.82. The highest BCUT2D eigenvalue weighted by Gasteiger charge is 2.23. The highest BCUT2D eigenvalue weighted by Crippen LogP contribution is 2.08. The van der Waals surface area contributed by atoms with Crippen LogP contribution >= 0.6 is 11.6 Å². The van der Waals surface area contributed by atoms with Gasteiger partial charge in [-0.3, -0.25) is 4.79 Å². The highest BCUT2D eigenvalue weighted by atomic mass is 35.5. The van der Waals surface area contributed by atoms with E-state index in [0.717, 1.165) is 11.4 Å². The lowest BCUT2D eigenvalue weighted by molar-refractivity contribution is -0.143. The first-order valence-corrected chi connectivity index (χ1v) is 6.87. The molecule has 0 aliphatic rings. The molecule has 0 spiro atoms. The summed E-state index contributed by atoms with van der Waals surface area (Å²) in [5, 5.41) is 11.9. The second kappa shape index (κ2) is 9.37. The first-order valence-electron chi connectivity index (χ1n) is 6.50. The Hall–Kier alpha value is -1.55. The van der Waals surface area contributed by atoms with Gasteiger partial charge in [0.2, 0.25) is 5.91 Å². The number of aryl methyl sites for hydroxylation is 1. The van der Waals surface area contributed by atoms with E-state index in [1.54, 1.807) is 6.92 Å². The van der Waals surface area contributed by atoms with Gasteiger partial charge in [0.25, 0.3) is 0 Å². The lowest BCUT2D eigenvalue weighted by Gasteiger charge is -2.18. The van der Waals surface area contributed by atoms with Crippen LogP contribution in [0.25, 0.3) is 0 Å². The fraction of sp³-hybridized carbons (Fsp3) is 0.467. The summed E-state index contributed by atoms with van der Waals surface area (Å²) in [6.45, 7) is 7.03. The predicted octanol–water partition coefficient (Wildman–Crippen LogP) is 3.27. The smallest absolute Gasteiger partial charge is 0.326 e. The van der Waals surface area contributed by atoms with Crippen molar-refractivity contribution in [3.63, 3.8) is 0 Å². The van der Waals surface area contributed by atoms with Gasteiger partial charge in [-0.05, 0) is 30.5 Å². The first-order chi connectivity index (χ1) is 9.27. The summed E-state index contributed by atoms with van der Waals surface area (Å²) in [7, 11) is 0. The van der Waals surface area contributed by atoms with E-state index in [2.05, 4.69) is 5.32 Å². The van der Waals surface area contributed by atoms with Crippen LogP contribution in [0.3, 0.4) is 0 Å². The highest BCUT2D eigenvalue weighted by molar-refractivity contribution is 6.30. The van der Waals surface area contributed by atoms with E-state index in [4.69, 9.17) is 16.7 Å². The van der Waals surface area contributed by atoms with Crippen LogP contribution in [0.15, 0.2) is 24.3 Å². The Morgan fingerprint density at radius 1 is 1.40 bits per heavy atom. The Morgan fingerprint density at radius 2 is 2.00 bits per heavy atom. The molecule has 5 heteroatoms. The molecule has 0 saturated heterocycles. The second-order valence-corrected chi connectivity index (χ2v) is 5.14. The molecule has 1 amide bonds. The molecule has 0 aromatic heterocycles. The van der Waals surface area contributed by atoms with Gasteiger partial charge in [-0.15, -0.1) is 0 Å². The number of carbonyl (C=O) groups excluding carboxylic acids is 1. The Bertz CT molecular complexity index is 431. The van der Waals surface area contributed by atoms with Gasteiger partial charge >= 0.3 is 5.97 Å². The lowest BCUT2D eigenvalue weighted by atomic mass is 9.99. The van der Waals surface area contributed by atoms with Crippen LogP contribution in [0.2, 0.25) is 5.02 Å². The van der Waals surface area contributed by atoms with Crippen LogP contribution in [0.5, 0.6) is 0 Å². The topological polar surface area (TPSA) is 66.4 Å². The Balaban J connectivity index is 0.000000388. The van der Waals surface area contributed by atoms with Crippen molar-refractivity contribution in [2.24, 2.45) is 5.92 Å². The van der Waals surface area contributed by atoms with Gasteiger partial charge in [-0.25, -0.2) is 4.79 Å². The molecule has 4 nitrogen and oxygen atoms in total. The zero-order valence-corrected chi connectivity index (χ0v) is 13.1. The zero-order chi connectivity index (χ0) is 15.7. The van der Waals surface area contributed by atoms with Crippen molar-refractivity contribution >= 4 is 23.5 Å². The third-order valence-corrected chi connectivity index (χ3v) is 3.05. The largest absolute Gasteiger partial charge is 0.480 e. The average Bonchev–Trinajstić information content (AvgIpc) is 2.35. The Labute approximate surface area is 125 Å². The molecule has 0 aliphatic carbocycles. The predicted molar refractivity (Wildman–Crippen MR) is 80.9 cm³/mol. The van der Waals surface area contributed by atoms with Crippen LogP contribution in [-0.2, 0) is 9.59 Å². The average molecular weight is 300 g/mol. The van der Waals surface area contributed by atoms with Gasteiger partial charge in [0, 0.05) is 11.9 Å². The van der Waals surface area contributed by atoms with Crippen molar-refractivity contribution < 1.29 is 14.7 Å². The molecule has 0 heterocycles. The van der Waals surface area contributed by atoms with Crippen LogP contribution in [0.4, 0.5) is 0 Å². The van der Waals surface area contributed by atoms with Crippen molar-refractivity contribution in [2.45, 2.75) is 40.2 Å². The molecule has 0 radical (unpaired) electrons. The van der Waals surface area contributed by atoms with Crippen LogP contribution in [0, 0.1) is 12.8 Å². The summed E-state index contributed by atoms with van der Waals surface area (Å²) in [5.74, 6) is -1.31. The van der Waals surface area contributed by atoms with E-state index in [1.165, 1.54) is 12.5 Å². The number of nitrogens with one attached hydrogen (secondary N) is 1. The monoisotopic (exact) mass is 299 g/mol. The van der Waals surface area contributed by atoms with Gasteiger partial charge in [-0.1, -0.05) is 44.0 Å². The van der Waals surface area contributed by atoms with Crippen molar-refractivity contribution in [2.75, 3.05) is 0 Å². The van der Waals surface area contributed by atoms with Gasteiger partial charge in [0.1, 0.15) is 6.04 Å². The minimum Gasteiger partial charge on any atom is -0.480 e. The van der Waals surface area contributed by atoms with E-state index >= 15 is 0 Å². The molecule has 1 aromatic rings. The SMILES string of the molecule is CCC(C)C(NC(C)=O)C(=O)O.Cc1cccc(Cl)c1. The molecule has 1 aromatic carbocycles. The van der Waals surface area contributed by atoms with Crippen LogP contribution in [-0.4, -0.2) is 23.0 Å². The number of hydrogen-bond donors (Lipinski definition) is 2. The van der Waals surface area contributed by atoms with E-state index in [0.29, 0.717) is 0 Å². The number of benzene rings is 1. The molecular formula is C15H22ClNO3. The lowest BCUT2D eigenvalue weighted by Crippen LogP contribution is -2.43. The summed E-state index contributed by atoms with van der Waals surface area (Å²) < 4.78 is 0. The van der Waals surface area contributed by atoms with E-state index in [-0.39, 0.29) is 11.8 Å². The number of carboxylic acid groups (broad SMARTS) is 1. The summed E-state index contributed by atoms with van der Waals surface area (Å²) in [5.41, 5.74) is 1.21. The van der Waals surface area contributed by atoms with Gasteiger partial charge in [-0.2, -0.15) is 0 Å². The molecule has 0 aliphatic heterocycles. The molecule has 2 atom stereocenters. The quantitative estimate of drug-likeness (QED) is 0.896. The van der Waals surface area contributed by atoms with Crippen molar-refractivity contribution in [1.29, 1.82) is 0 Å². The summed E-state index contributed by atoms with van der Waals surface area (Å²) in [6, 6.07) is 7.01. The number of hydrogen-bond acceptors (Lipinski definition) is 2. The van der Waals surface area contributed by atoms with Gasteiger partial charge < -0.3 is 10.4 Å². The summed E-state index contributed by atoms with van der Waals surface area (Å²) in [6.07, 6.45) is 0.733. The standard InChI is InChI=1S/C8H15NO3.C7H7Cl/c1-4-5(2)7(8(11)12)9-6(3)10;1-6-3-2-4-7(8)5-6/h5,7H,4H2,1-3H3,(H,9,10)(H,11,12);2-5H,1H3. The number of amides is 1. The first kappa shape index (κ1) is 18.4. The molecule has 2 N–H and O–H groups in total. The van der Waals surface area contributed by atoms with Crippen LogP contribution in [0.1, 0.15) is 32.8 Å². The summed E-state index contributed by atoms with van der Waals surface area (Å²) >= 11 is 5.64. The minimum atomic E-state index is -0.973. The maximum Gasteiger partial charge on any atom is 0.326 e.